The Morgan fingerprint density at radius 1 is 0.778 bits per heavy atom. The van der Waals surface area contributed by atoms with E-state index in [4.69, 9.17) is 0 Å². The van der Waals surface area contributed by atoms with E-state index in [2.05, 4.69) is 5.32 Å². The lowest BCUT2D eigenvalue weighted by Crippen LogP contribution is -2.54. The fourth-order valence-corrected chi connectivity index (χ4v) is 7.26. The Labute approximate surface area is 266 Å². The van der Waals surface area contributed by atoms with Crippen molar-refractivity contribution in [1.29, 1.82) is 0 Å². The number of carbonyl (C=O) groups is 2. The second kappa shape index (κ2) is 14.6. The predicted molar refractivity (Wildman–Crippen MR) is 178 cm³/mol. The molecule has 1 fully saturated rings. The molecule has 0 aliphatic heterocycles. The number of amides is 2. The molecule has 234 valence electrons. The summed E-state index contributed by atoms with van der Waals surface area (Å²) in [6.45, 7) is 3.56. The number of carbonyl (C=O) groups excluding carboxylic acids is 2. The maximum atomic E-state index is 14.6. The van der Waals surface area contributed by atoms with Gasteiger partial charge < -0.3 is 10.2 Å². The van der Waals surface area contributed by atoms with E-state index in [1.165, 1.54) is 16.4 Å². The Morgan fingerprint density at radius 2 is 1.36 bits per heavy atom. The molecule has 1 unspecified atom stereocenters. The van der Waals surface area contributed by atoms with Crippen molar-refractivity contribution in [3.05, 3.63) is 131 Å². The van der Waals surface area contributed by atoms with Gasteiger partial charge in [0.1, 0.15) is 12.6 Å². The lowest BCUT2D eigenvalue weighted by atomic mass is 10.0. The third-order valence-corrected chi connectivity index (χ3v) is 10.3. The number of nitrogens with zero attached hydrogens (tertiary/aromatic N) is 2. The monoisotopic (exact) mass is 623 g/mol. The average Bonchev–Trinajstić information content (AvgIpc) is 3.57. The topological polar surface area (TPSA) is 86.8 Å². The Hall–Kier alpha value is -4.43. The second-order valence-electron chi connectivity index (χ2n) is 11.8. The summed E-state index contributed by atoms with van der Waals surface area (Å²) in [6.07, 6.45) is 4.23. The van der Waals surface area contributed by atoms with E-state index in [0.29, 0.717) is 12.1 Å². The maximum absolute atomic E-state index is 14.6. The highest BCUT2D eigenvalue weighted by atomic mass is 32.2. The van der Waals surface area contributed by atoms with E-state index in [-0.39, 0.29) is 23.4 Å². The van der Waals surface area contributed by atoms with Crippen molar-refractivity contribution in [3.8, 4) is 0 Å². The van der Waals surface area contributed by atoms with Gasteiger partial charge in [0.05, 0.1) is 10.6 Å². The highest BCUT2D eigenvalue weighted by molar-refractivity contribution is 7.92. The van der Waals surface area contributed by atoms with Crippen molar-refractivity contribution < 1.29 is 18.0 Å². The molecule has 8 heteroatoms. The minimum absolute atomic E-state index is 0.0648. The average molecular weight is 624 g/mol. The van der Waals surface area contributed by atoms with E-state index < -0.39 is 28.5 Å². The minimum atomic E-state index is -4.12. The summed E-state index contributed by atoms with van der Waals surface area (Å²) in [5.74, 6) is -0.683. The summed E-state index contributed by atoms with van der Waals surface area (Å²) in [5, 5.41) is 3.21. The zero-order valence-corrected chi connectivity index (χ0v) is 26.7. The Morgan fingerprint density at radius 3 is 1.96 bits per heavy atom. The highest BCUT2D eigenvalue weighted by Crippen LogP contribution is 2.27. The van der Waals surface area contributed by atoms with Crippen LogP contribution in [0.25, 0.3) is 0 Å². The van der Waals surface area contributed by atoms with Crippen LogP contribution < -0.4 is 9.62 Å². The van der Waals surface area contributed by atoms with Crippen LogP contribution in [0.1, 0.15) is 47.9 Å². The molecule has 7 nitrogen and oxygen atoms in total. The molecule has 2 amide bonds. The van der Waals surface area contributed by atoms with Crippen molar-refractivity contribution in [2.45, 2.75) is 69.5 Å². The Bertz CT molecular complexity index is 1690. The molecule has 4 aromatic carbocycles. The Kier molecular flexibility index (Phi) is 10.4. The van der Waals surface area contributed by atoms with Gasteiger partial charge in [0, 0.05) is 19.0 Å². The molecule has 0 heterocycles. The molecule has 1 aliphatic rings. The first-order valence-electron chi connectivity index (χ1n) is 15.5. The van der Waals surface area contributed by atoms with Gasteiger partial charge in [-0.2, -0.15) is 0 Å². The number of hydrogen-bond acceptors (Lipinski definition) is 4. The molecule has 4 aromatic rings. The molecule has 0 bridgehead atoms. The van der Waals surface area contributed by atoms with E-state index >= 15 is 0 Å². The third kappa shape index (κ3) is 8.00. The van der Waals surface area contributed by atoms with Crippen LogP contribution in [-0.4, -0.2) is 43.8 Å². The lowest BCUT2D eigenvalue weighted by Gasteiger charge is -2.34. The van der Waals surface area contributed by atoms with E-state index in [9.17, 15) is 18.0 Å². The van der Waals surface area contributed by atoms with Crippen LogP contribution >= 0.6 is 0 Å². The first-order valence-corrected chi connectivity index (χ1v) is 17.0. The van der Waals surface area contributed by atoms with Gasteiger partial charge in [-0.05, 0) is 73.2 Å². The highest BCUT2D eigenvalue weighted by Gasteiger charge is 2.35. The van der Waals surface area contributed by atoms with Crippen molar-refractivity contribution in [2.75, 3.05) is 10.8 Å². The van der Waals surface area contributed by atoms with Crippen LogP contribution in [-0.2, 0) is 32.6 Å². The fourth-order valence-electron chi connectivity index (χ4n) is 5.83. The third-order valence-electron chi connectivity index (χ3n) is 8.56. The predicted octanol–water partition coefficient (Wildman–Crippen LogP) is 6.20. The van der Waals surface area contributed by atoms with E-state index in [1.54, 1.807) is 35.2 Å². The molecular formula is C37H41N3O4S. The number of sulfonamides is 1. The molecule has 1 atom stereocenters. The van der Waals surface area contributed by atoms with Crippen molar-refractivity contribution >= 4 is 27.5 Å². The number of aryl methyl sites for hydroxylation is 2. The Balaban J connectivity index is 1.56. The number of anilines is 1. The van der Waals surface area contributed by atoms with Gasteiger partial charge in [0.2, 0.25) is 11.8 Å². The van der Waals surface area contributed by atoms with E-state index in [0.717, 1.165) is 47.9 Å². The summed E-state index contributed by atoms with van der Waals surface area (Å²) < 4.78 is 29.5. The van der Waals surface area contributed by atoms with Gasteiger partial charge in [-0.15, -0.1) is 0 Å². The molecular weight excluding hydrogens is 582 g/mol. The summed E-state index contributed by atoms with van der Waals surface area (Å²) in [7, 11) is -4.12. The first-order chi connectivity index (χ1) is 21.7. The molecule has 5 rings (SSSR count). The van der Waals surface area contributed by atoms with Gasteiger partial charge in [-0.1, -0.05) is 97.8 Å². The van der Waals surface area contributed by atoms with Crippen LogP contribution in [0.5, 0.6) is 0 Å². The molecule has 1 aliphatic carbocycles. The molecule has 45 heavy (non-hydrogen) atoms. The van der Waals surface area contributed by atoms with Crippen LogP contribution in [0.15, 0.2) is 114 Å². The van der Waals surface area contributed by atoms with Gasteiger partial charge in [0.15, 0.2) is 0 Å². The van der Waals surface area contributed by atoms with Crippen molar-refractivity contribution in [1.82, 2.24) is 10.2 Å². The van der Waals surface area contributed by atoms with Crippen LogP contribution in [0.2, 0.25) is 0 Å². The van der Waals surface area contributed by atoms with Crippen molar-refractivity contribution in [3.63, 3.8) is 0 Å². The fraction of sp³-hybridized carbons (Fsp3) is 0.297. The number of nitrogens with one attached hydrogen (secondary N) is 1. The van der Waals surface area contributed by atoms with Crippen molar-refractivity contribution in [2.24, 2.45) is 0 Å². The molecule has 0 radical (unpaired) electrons. The standard InChI is InChI=1S/C37H41N3O4S/c1-28-22-23-33(24-29(28)2)40(45(43,44)34-20-10-5-11-21-34)27-36(41)39(26-31-16-8-4-9-17-31)35(25-30-14-6-3-7-15-30)37(42)38-32-18-12-13-19-32/h3-11,14-17,20-24,32,35H,12-13,18-19,25-27H2,1-2H3,(H,38,42). The zero-order valence-electron chi connectivity index (χ0n) is 25.9. The van der Waals surface area contributed by atoms with Gasteiger partial charge in [-0.25, -0.2) is 8.42 Å². The summed E-state index contributed by atoms with van der Waals surface area (Å²) in [4.78, 5) is 30.3. The maximum Gasteiger partial charge on any atom is 0.264 e. The largest absolute Gasteiger partial charge is 0.352 e. The van der Waals surface area contributed by atoms with E-state index in [1.807, 2.05) is 80.6 Å². The van der Waals surface area contributed by atoms with Gasteiger partial charge in [-0.3, -0.25) is 13.9 Å². The lowest BCUT2D eigenvalue weighted by molar-refractivity contribution is -0.140. The summed E-state index contributed by atoms with van der Waals surface area (Å²) in [5.41, 5.74) is 4.08. The number of hydrogen-bond donors (Lipinski definition) is 1. The molecule has 0 spiro atoms. The second-order valence-corrected chi connectivity index (χ2v) is 13.7. The zero-order chi connectivity index (χ0) is 31.8. The smallest absolute Gasteiger partial charge is 0.264 e. The van der Waals surface area contributed by atoms with Crippen LogP contribution in [0.3, 0.4) is 0 Å². The molecule has 0 aromatic heterocycles. The van der Waals surface area contributed by atoms with Crippen LogP contribution in [0.4, 0.5) is 5.69 Å². The van der Waals surface area contributed by atoms with Crippen LogP contribution in [0, 0.1) is 13.8 Å². The number of rotatable bonds is 12. The summed E-state index contributed by atoms with van der Waals surface area (Å²) in [6, 6.07) is 31.9. The molecule has 1 N–H and O–H groups in total. The van der Waals surface area contributed by atoms with Gasteiger partial charge in [0.25, 0.3) is 10.0 Å². The first kappa shape index (κ1) is 32.0. The normalized spacial score (nSPS) is 14.1. The quantitative estimate of drug-likeness (QED) is 0.204. The summed E-state index contributed by atoms with van der Waals surface area (Å²) >= 11 is 0. The molecule has 0 saturated heterocycles. The molecule has 1 saturated carbocycles. The number of benzene rings is 4. The van der Waals surface area contributed by atoms with Gasteiger partial charge >= 0.3 is 0 Å². The minimum Gasteiger partial charge on any atom is -0.352 e. The SMILES string of the molecule is Cc1ccc(N(CC(=O)N(Cc2ccccc2)C(Cc2ccccc2)C(=O)NC2CCCC2)S(=O)(=O)c2ccccc2)cc1C.